The average molecular weight is 375 g/mol. The van der Waals surface area contributed by atoms with Crippen molar-refractivity contribution in [1.29, 1.82) is 0 Å². The molecule has 0 aliphatic carbocycles. The summed E-state index contributed by atoms with van der Waals surface area (Å²) in [6.07, 6.45) is -0.430. The predicted molar refractivity (Wildman–Crippen MR) is 98.7 cm³/mol. The van der Waals surface area contributed by atoms with Crippen molar-refractivity contribution in [1.82, 2.24) is 9.80 Å². The Balaban J connectivity index is 1.74. The number of carbonyl (C=O) groups excluding carboxylic acids is 2. The third-order valence-corrected chi connectivity index (χ3v) is 4.99. The lowest BCUT2D eigenvalue weighted by atomic mass is 9.99. The summed E-state index contributed by atoms with van der Waals surface area (Å²) in [5, 5.41) is 9.44. The molecule has 3 rings (SSSR count). The molecule has 1 fully saturated rings. The van der Waals surface area contributed by atoms with E-state index >= 15 is 0 Å². The zero-order valence-corrected chi connectivity index (χ0v) is 15.8. The van der Waals surface area contributed by atoms with Gasteiger partial charge in [-0.1, -0.05) is 6.07 Å². The lowest BCUT2D eigenvalue weighted by molar-refractivity contribution is -0.118. The maximum Gasteiger partial charge on any atom is 0.414 e. The number of nitrogens with zero attached hydrogens (tertiary/aromatic N) is 3. The second-order valence-electron chi connectivity index (χ2n) is 7.96. The van der Waals surface area contributed by atoms with Crippen molar-refractivity contribution in [2.75, 3.05) is 24.5 Å². The molecule has 3 amide bonds. The van der Waals surface area contributed by atoms with Crippen LogP contribution in [0, 0.1) is 0 Å². The molecule has 0 radical (unpaired) electrons. The van der Waals surface area contributed by atoms with Gasteiger partial charge < -0.3 is 14.7 Å². The van der Waals surface area contributed by atoms with E-state index in [1.165, 1.54) is 15.4 Å². The van der Waals surface area contributed by atoms with Crippen LogP contribution in [0.5, 0.6) is 0 Å². The first-order valence-corrected chi connectivity index (χ1v) is 8.99. The summed E-state index contributed by atoms with van der Waals surface area (Å²) in [5.41, 5.74) is 2.30. The molecule has 27 heavy (non-hydrogen) atoms. The van der Waals surface area contributed by atoms with E-state index in [4.69, 9.17) is 4.74 Å². The molecule has 0 saturated carbocycles. The summed E-state index contributed by atoms with van der Waals surface area (Å²) in [7, 11) is 0. The van der Waals surface area contributed by atoms with Gasteiger partial charge in [-0.3, -0.25) is 14.6 Å². The highest BCUT2D eigenvalue weighted by Crippen LogP contribution is 2.28. The fourth-order valence-electron chi connectivity index (χ4n) is 3.49. The Hall–Kier alpha value is -2.77. The lowest BCUT2D eigenvalue weighted by Crippen LogP contribution is -2.49. The maximum atomic E-state index is 12.3. The number of fused-ring (bicyclic) bond motifs is 1. The second-order valence-corrected chi connectivity index (χ2v) is 7.96. The van der Waals surface area contributed by atoms with E-state index in [0.29, 0.717) is 18.8 Å². The summed E-state index contributed by atoms with van der Waals surface area (Å²) < 4.78 is 5.41. The summed E-state index contributed by atoms with van der Waals surface area (Å²) in [5.74, 6) is 0. The number of anilines is 1. The molecule has 0 unspecified atom stereocenters. The predicted octanol–water partition coefficient (Wildman–Crippen LogP) is 2.30. The summed E-state index contributed by atoms with van der Waals surface area (Å²) in [4.78, 5) is 39.4. The highest BCUT2D eigenvalue weighted by Gasteiger charge is 2.37. The molecule has 1 aromatic carbocycles. The third kappa shape index (κ3) is 3.99. The molecule has 1 aromatic rings. The Labute approximate surface area is 158 Å². The van der Waals surface area contributed by atoms with Crippen LogP contribution in [0.4, 0.5) is 15.3 Å². The first-order chi connectivity index (χ1) is 12.7. The molecule has 8 nitrogen and oxygen atoms in total. The molecule has 1 atom stereocenters. The van der Waals surface area contributed by atoms with E-state index < -0.39 is 23.8 Å². The van der Waals surface area contributed by atoms with Gasteiger partial charge in [-0.05, 0) is 50.5 Å². The van der Waals surface area contributed by atoms with Gasteiger partial charge in [-0.15, -0.1) is 0 Å². The zero-order valence-electron chi connectivity index (χ0n) is 15.8. The van der Waals surface area contributed by atoms with E-state index in [9.17, 15) is 19.5 Å². The molecule has 0 bridgehead atoms. The van der Waals surface area contributed by atoms with Crippen LogP contribution < -0.4 is 4.90 Å². The SMILES string of the molecule is CC(C)(C)N(C[C@H]1CN(c2ccc3c(c2)CN(C=O)CC3)C(=O)O1)C(=O)O. The van der Waals surface area contributed by atoms with Crippen molar-refractivity contribution in [2.45, 2.75) is 45.4 Å². The molecular formula is C19H25N3O5. The van der Waals surface area contributed by atoms with E-state index in [1.54, 1.807) is 25.7 Å². The number of cyclic esters (lactones) is 1. The van der Waals surface area contributed by atoms with Gasteiger partial charge >= 0.3 is 12.2 Å². The Morgan fingerprint density at radius 2 is 2.11 bits per heavy atom. The number of benzene rings is 1. The number of carbonyl (C=O) groups is 3. The fourth-order valence-corrected chi connectivity index (χ4v) is 3.49. The number of rotatable bonds is 4. The summed E-state index contributed by atoms with van der Waals surface area (Å²) in [6.45, 7) is 7.03. The second kappa shape index (κ2) is 7.09. The van der Waals surface area contributed by atoms with Crippen molar-refractivity contribution in [3.8, 4) is 0 Å². The van der Waals surface area contributed by atoms with Gasteiger partial charge in [0.15, 0.2) is 0 Å². The van der Waals surface area contributed by atoms with Crippen LogP contribution >= 0.6 is 0 Å². The average Bonchev–Trinajstić information content (AvgIpc) is 2.98. The molecule has 8 heteroatoms. The molecule has 1 saturated heterocycles. The normalized spacial score (nSPS) is 19.5. The number of hydrogen-bond donors (Lipinski definition) is 1. The van der Waals surface area contributed by atoms with Crippen molar-refractivity contribution >= 4 is 24.3 Å². The maximum absolute atomic E-state index is 12.3. The minimum Gasteiger partial charge on any atom is -0.465 e. The number of amides is 3. The Morgan fingerprint density at radius 1 is 1.37 bits per heavy atom. The standard InChI is InChI=1S/C19H25N3O5/c1-19(2,3)22(17(24)25)11-16-10-21(18(26)27-16)15-5-4-13-6-7-20(12-23)9-14(13)8-15/h4-5,8,12,16H,6-7,9-11H2,1-3H3,(H,24,25)/t16-/m1/s1. The molecule has 2 heterocycles. The zero-order chi connectivity index (χ0) is 19.8. The first-order valence-electron chi connectivity index (χ1n) is 8.99. The van der Waals surface area contributed by atoms with Gasteiger partial charge in [0.2, 0.25) is 6.41 Å². The topological polar surface area (TPSA) is 90.4 Å². The lowest BCUT2D eigenvalue weighted by Gasteiger charge is -2.34. The van der Waals surface area contributed by atoms with Crippen LogP contribution in [0.25, 0.3) is 0 Å². The van der Waals surface area contributed by atoms with E-state index in [0.717, 1.165) is 18.4 Å². The highest BCUT2D eigenvalue weighted by molar-refractivity contribution is 5.90. The number of carboxylic acid groups (broad SMARTS) is 1. The monoisotopic (exact) mass is 375 g/mol. The number of hydrogen-bond acceptors (Lipinski definition) is 4. The molecule has 2 aliphatic heterocycles. The van der Waals surface area contributed by atoms with Crippen LogP contribution in [-0.2, 0) is 22.5 Å². The smallest absolute Gasteiger partial charge is 0.414 e. The van der Waals surface area contributed by atoms with Gasteiger partial charge in [0.25, 0.3) is 0 Å². The molecule has 146 valence electrons. The van der Waals surface area contributed by atoms with Gasteiger partial charge in [0.05, 0.1) is 13.1 Å². The summed E-state index contributed by atoms with van der Waals surface area (Å²) >= 11 is 0. The largest absolute Gasteiger partial charge is 0.465 e. The van der Waals surface area contributed by atoms with Crippen LogP contribution in [-0.4, -0.2) is 64.8 Å². The highest BCUT2D eigenvalue weighted by atomic mass is 16.6. The van der Waals surface area contributed by atoms with Crippen LogP contribution in [0.2, 0.25) is 0 Å². The molecule has 0 aromatic heterocycles. The van der Waals surface area contributed by atoms with Gasteiger partial charge in [0.1, 0.15) is 6.10 Å². The molecule has 1 N–H and O–H groups in total. The van der Waals surface area contributed by atoms with Crippen LogP contribution in [0.1, 0.15) is 31.9 Å². The van der Waals surface area contributed by atoms with Crippen molar-refractivity contribution in [3.63, 3.8) is 0 Å². The minimum absolute atomic E-state index is 0.116. The van der Waals surface area contributed by atoms with Crippen LogP contribution in [0.3, 0.4) is 0 Å². The number of ether oxygens (including phenoxy) is 1. The van der Waals surface area contributed by atoms with Gasteiger partial charge in [0, 0.05) is 24.3 Å². The Morgan fingerprint density at radius 3 is 2.74 bits per heavy atom. The van der Waals surface area contributed by atoms with E-state index in [2.05, 4.69) is 0 Å². The van der Waals surface area contributed by atoms with Gasteiger partial charge in [-0.25, -0.2) is 9.59 Å². The third-order valence-electron chi connectivity index (χ3n) is 4.99. The van der Waals surface area contributed by atoms with Crippen molar-refractivity contribution in [2.24, 2.45) is 0 Å². The van der Waals surface area contributed by atoms with Crippen molar-refractivity contribution < 1.29 is 24.2 Å². The molecular weight excluding hydrogens is 350 g/mol. The van der Waals surface area contributed by atoms with Crippen molar-refractivity contribution in [3.05, 3.63) is 29.3 Å². The van der Waals surface area contributed by atoms with Gasteiger partial charge in [-0.2, -0.15) is 0 Å². The molecule has 0 spiro atoms. The molecule has 2 aliphatic rings. The first kappa shape index (κ1) is 19.0. The minimum atomic E-state index is -1.04. The van der Waals surface area contributed by atoms with E-state index in [-0.39, 0.29) is 13.1 Å². The summed E-state index contributed by atoms with van der Waals surface area (Å²) in [6, 6.07) is 5.76. The Kier molecular flexibility index (Phi) is 4.99. The van der Waals surface area contributed by atoms with E-state index in [1.807, 2.05) is 18.2 Å². The Bertz CT molecular complexity index is 758. The fraction of sp³-hybridized carbons (Fsp3) is 0.526. The quantitative estimate of drug-likeness (QED) is 0.816. The van der Waals surface area contributed by atoms with Crippen LogP contribution in [0.15, 0.2) is 18.2 Å².